The lowest BCUT2D eigenvalue weighted by molar-refractivity contribution is 1.41. The molecule has 0 radical (unpaired) electrons. The Morgan fingerprint density at radius 3 is 2.47 bits per heavy atom. The topological polar surface area (TPSA) is 38.9 Å². The number of nitrogens with zero attached hydrogens (tertiary/aromatic N) is 1. The van der Waals surface area contributed by atoms with Crippen molar-refractivity contribution in [2.75, 3.05) is 5.73 Å². The van der Waals surface area contributed by atoms with Crippen molar-refractivity contribution in [2.24, 2.45) is 0 Å². The number of fused-ring (bicyclic) bond motifs is 1. The number of pyridine rings is 1. The molecule has 19 heavy (non-hydrogen) atoms. The summed E-state index contributed by atoms with van der Waals surface area (Å²) >= 11 is 0. The molecule has 0 saturated carbocycles. The van der Waals surface area contributed by atoms with E-state index >= 15 is 0 Å². The van der Waals surface area contributed by atoms with Gasteiger partial charge in [0, 0.05) is 22.8 Å². The molecule has 0 amide bonds. The van der Waals surface area contributed by atoms with Crippen LogP contribution in [0.1, 0.15) is 11.1 Å². The fourth-order valence-corrected chi connectivity index (χ4v) is 2.06. The highest BCUT2D eigenvalue weighted by molar-refractivity contribution is 5.89. The average Bonchev–Trinajstić information content (AvgIpc) is 2.47. The van der Waals surface area contributed by atoms with Crippen molar-refractivity contribution in [3.8, 4) is 0 Å². The number of aromatic nitrogens is 1. The van der Waals surface area contributed by atoms with Crippen LogP contribution in [-0.2, 0) is 0 Å². The molecule has 0 bridgehead atoms. The molecule has 1 aromatic heterocycles. The third-order valence-electron chi connectivity index (χ3n) is 3.06. The molecule has 0 aliphatic carbocycles. The molecule has 0 aliphatic rings. The van der Waals surface area contributed by atoms with Gasteiger partial charge in [-0.3, -0.25) is 4.98 Å². The maximum atomic E-state index is 5.67. The van der Waals surface area contributed by atoms with E-state index in [1.165, 1.54) is 0 Å². The standard InChI is InChI=1S/C17H14N2/c18-16-10-7-13(8-11-16)6-9-15-4-1-3-14-5-2-12-19-17(14)15/h1-12H,18H2/b9-6+. The van der Waals surface area contributed by atoms with Crippen LogP contribution in [0.3, 0.4) is 0 Å². The summed E-state index contributed by atoms with van der Waals surface area (Å²) in [6.07, 6.45) is 5.98. The second kappa shape index (κ2) is 4.94. The van der Waals surface area contributed by atoms with Crippen LogP contribution in [0.4, 0.5) is 5.69 Å². The Morgan fingerprint density at radius 1 is 0.842 bits per heavy atom. The summed E-state index contributed by atoms with van der Waals surface area (Å²) in [4.78, 5) is 4.44. The highest BCUT2D eigenvalue weighted by atomic mass is 14.6. The molecule has 2 heteroatoms. The molecule has 0 saturated heterocycles. The van der Waals surface area contributed by atoms with Crippen LogP contribution < -0.4 is 5.73 Å². The zero-order valence-electron chi connectivity index (χ0n) is 10.5. The lowest BCUT2D eigenvalue weighted by atomic mass is 10.1. The number of rotatable bonds is 2. The number of nitrogens with two attached hydrogens (primary N) is 1. The first kappa shape index (κ1) is 11.5. The number of benzene rings is 2. The van der Waals surface area contributed by atoms with E-state index in [4.69, 9.17) is 5.73 Å². The Bertz CT molecular complexity index is 722. The van der Waals surface area contributed by atoms with Gasteiger partial charge >= 0.3 is 0 Å². The van der Waals surface area contributed by atoms with Crippen LogP contribution in [0.15, 0.2) is 60.8 Å². The van der Waals surface area contributed by atoms with E-state index in [9.17, 15) is 0 Å². The molecule has 0 aliphatic heterocycles. The van der Waals surface area contributed by atoms with Gasteiger partial charge in [0.2, 0.25) is 0 Å². The van der Waals surface area contributed by atoms with Crippen molar-refractivity contribution < 1.29 is 0 Å². The first-order valence-electron chi connectivity index (χ1n) is 6.20. The molecule has 1 heterocycles. The lowest BCUT2D eigenvalue weighted by Crippen LogP contribution is -1.83. The van der Waals surface area contributed by atoms with E-state index in [1.807, 2.05) is 42.6 Å². The van der Waals surface area contributed by atoms with Crippen LogP contribution in [0.5, 0.6) is 0 Å². The summed E-state index contributed by atoms with van der Waals surface area (Å²) in [5.41, 5.74) is 9.73. The minimum atomic E-state index is 0.781. The molecule has 0 atom stereocenters. The van der Waals surface area contributed by atoms with Gasteiger partial charge in [0.15, 0.2) is 0 Å². The van der Waals surface area contributed by atoms with Crippen molar-refractivity contribution in [1.82, 2.24) is 4.98 Å². The number of para-hydroxylation sites is 1. The molecule has 0 unspecified atom stereocenters. The van der Waals surface area contributed by atoms with E-state index in [-0.39, 0.29) is 0 Å². The number of anilines is 1. The fourth-order valence-electron chi connectivity index (χ4n) is 2.06. The first-order chi connectivity index (χ1) is 9.33. The highest BCUT2D eigenvalue weighted by Gasteiger charge is 1.97. The summed E-state index contributed by atoms with van der Waals surface area (Å²) in [6, 6.07) is 18.0. The Morgan fingerprint density at radius 2 is 1.63 bits per heavy atom. The number of nitrogen functional groups attached to an aromatic ring is 1. The second-order valence-electron chi connectivity index (χ2n) is 4.42. The Balaban J connectivity index is 1.99. The van der Waals surface area contributed by atoms with Crippen molar-refractivity contribution >= 4 is 28.7 Å². The van der Waals surface area contributed by atoms with Crippen LogP contribution in [0.25, 0.3) is 23.1 Å². The third kappa shape index (κ3) is 2.47. The van der Waals surface area contributed by atoms with Gasteiger partial charge < -0.3 is 5.73 Å². The average molecular weight is 246 g/mol. The molecule has 0 spiro atoms. The third-order valence-corrected chi connectivity index (χ3v) is 3.06. The van der Waals surface area contributed by atoms with Gasteiger partial charge in [-0.05, 0) is 23.8 Å². The molecule has 0 fully saturated rings. The van der Waals surface area contributed by atoms with E-state index in [2.05, 4.69) is 35.3 Å². The van der Waals surface area contributed by atoms with Gasteiger partial charge in [-0.2, -0.15) is 0 Å². The van der Waals surface area contributed by atoms with Crippen molar-refractivity contribution in [3.05, 3.63) is 71.9 Å². The van der Waals surface area contributed by atoms with Gasteiger partial charge in [0.05, 0.1) is 5.52 Å². The summed E-state index contributed by atoms with van der Waals surface area (Å²) in [5.74, 6) is 0. The maximum absolute atomic E-state index is 5.67. The van der Waals surface area contributed by atoms with E-state index in [1.54, 1.807) is 0 Å². The van der Waals surface area contributed by atoms with Gasteiger partial charge in [-0.1, -0.05) is 48.6 Å². The van der Waals surface area contributed by atoms with Crippen LogP contribution in [-0.4, -0.2) is 4.98 Å². The van der Waals surface area contributed by atoms with Crippen molar-refractivity contribution in [1.29, 1.82) is 0 Å². The van der Waals surface area contributed by atoms with Crippen LogP contribution >= 0.6 is 0 Å². The number of hydrogen-bond acceptors (Lipinski definition) is 2. The minimum Gasteiger partial charge on any atom is -0.399 e. The van der Waals surface area contributed by atoms with Gasteiger partial charge in [-0.15, -0.1) is 0 Å². The van der Waals surface area contributed by atoms with Crippen LogP contribution in [0.2, 0.25) is 0 Å². The molecular formula is C17H14N2. The molecule has 3 aromatic rings. The molecule has 2 nitrogen and oxygen atoms in total. The van der Waals surface area contributed by atoms with Gasteiger partial charge in [0.25, 0.3) is 0 Å². The SMILES string of the molecule is Nc1ccc(/C=C/c2cccc3cccnc23)cc1. The molecular weight excluding hydrogens is 232 g/mol. The molecule has 2 aromatic carbocycles. The lowest BCUT2D eigenvalue weighted by Gasteiger charge is -2.00. The Labute approximate surface area is 112 Å². The van der Waals surface area contributed by atoms with Gasteiger partial charge in [-0.25, -0.2) is 0 Å². The van der Waals surface area contributed by atoms with E-state index in [0.29, 0.717) is 0 Å². The minimum absolute atomic E-state index is 0.781. The predicted molar refractivity (Wildman–Crippen MR) is 81.5 cm³/mol. The van der Waals surface area contributed by atoms with Crippen molar-refractivity contribution in [2.45, 2.75) is 0 Å². The number of hydrogen-bond donors (Lipinski definition) is 1. The summed E-state index contributed by atoms with van der Waals surface area (Å²) in [5, 5.41) is 1.15. The van der Waals surface area contributed by atoms with Gasteiger partial charge in [0.1, 0.15) is 0 Å². The smallest absolute Gasteiger partial charge is 0.0774 e. The molecule has 2 N–H and O–H groups in total. The Kier molecular flexibility index (Phi) is 2.99. The Hall–Kier alpha value is -2.61. The normalized spacial score (nSPS) is 11.2. The second-order valence-corrected chi connectivity index (χ2v) is 4.42. The summed E-state index contributed by atoms with van der Waals surface area (Å²) in [7, 11) is 0. The van der Waals surface area contributed by atoms with E-state index < -0.39 is 0 Å². The molecule has 3 rings (SSSR count). The molecule has 92 valence electrons. The zero-order valence-corrected chi connectivity index (χ0v) is 10.5. The first-order valence-corrected chi connectivity index (χ1v) is 6.20. The predicted octanol–water partition coefficient (Wildman–Crippen LogP) is 3.99. The summed E-state index contributed by atoms with van der Waals surface area (Å²) < 4.78 is 0. The van der Waals surface area contributed by atoms with Crippen molar-refractivity contribution in [3.63, 3.8) is 0 Å². The van der Waals surface area contributed by atoms with Crippen LogP contribution in [0, 0.1) is 0 Å². The quantitative estimate of drug-likeness (QED) is 0.548. The highest BCUT2D eigenvalue weighted by Crippen LogP contribution is 2.18. The monoisotopic (exact) mass is 246 g/mol. The van der Waals surface area contributed by atoms with E-state index in [0.717, 1.165) is 27.7 Å². The fraction of sp³-hybridized carbons (Fsp3) is 0. The zero-order chi connectivity index (χ0) is 13.1. The largest absolute Gasteiger partial charge is 0.399 e. The summed E-state index contributed by atoms with van der Waals surface area (Å²) in [6.45, 7) is 0. The maximum Gasteiger partial charge on any atom is 0.0774 e.